The van der Waals surface area contributed by atoms with Crippen LogP contribution in [0, 0.1) is 12.8 Å². The molecule has 0 spiro atoms. The number of fused-ring (bicyclic) bond motifs is 1. The van der Waals surface area contributed by atoms with Gasteiger partial charge in [-0.05, 0) is 68.6 Å². The van der Waals surface area contributed by atoms with Crippen LogP contribution < -0.4 is 10.1 Å². The molecule has 1 atom stereocenters. The zero-order chi connectivity index (χ0) is 22.9. The summed E-state index contributed by atoms with van der Waals surface area (Å²) >= 11 is 0. The highest BCUT2D eigenvalue weighted by Gasteiger charge is 2.40. The standard InChI is InChI=1S/C27H30N2O4/c1-17-5-9-19(10-6-17)20-11-7-18(8-12-20)16-33-24-4-2-3-21-22(24)15-29(27(21)32)23-13-14-25(30)28-26(23)31/h2-6,9-10,18,20,23H,7-8,11-16H2,1H3,(H,28,30,31). The van der Waals surface area contributed by atoms with Crippen LogP contribution in [0.1, 0.15) is 71.5 Å². The topological polar surface area (TPSA) is 75.7 Å². The van der Waals surface area contributed by atoms with Crippen LogP contribution in [-0.4, -0.2) is 35.3 Å². The Bertz CT molecular complexity index is 1070. The third-order valence-corrected chi connectivity index (χ3v) is 7.41. The zero-order valence-electron chi connectivity index (χ0n) is 19.0. The number of benzene rings is 2. The molecular formula is C27H30N2O4. The molecule has 3 aliphatic rings. The number of aryl methyl sites for hydroxylation is 1. The molecule has 1 unspecified atom stereocenters. The molecule has 6 nitrogen and oxygen atoms in total. The molecule has 1 N–H and O–H groups in total. The number of piperidine rings is 1. The van der Waals surface area contributed by atoms with Gasteiger partial charge in [-0.1, -0.05) is 35.9 Å². The highest BCUT2D eigenvalue weighted by Crippen LogP contribution is 2.37. The van der Waals surface area contributed by atoms with Gasteiger partial charge in [0.1, 0.15) is 11.8 Å². The van der Waals surface area contributed by atoms with Gasteiger partial charge in [-0.15, -0.1) is 0 Å². The van der Waals surface area contributed by atoms with Crippen molar-refractivity contribution in [2.24, 2.45) is 5.92 Å². The van der Waals surface area contributed by atoms with E-state index in [1.165, 1.54) is 24.0 Å². The van der Waals surface area contributed by atoms with E-state index in [9.17, 15) is 14.4 Å². The summed E-state index contributed by atoms with van der Waals surface area (Å²) in [6, 6.07) is 13.9. The second kappa shape index (κ2) is 9.00. The normalized spacial score (nSPS) is 25.1. The third-order valence-electron chi connectivity index (χ3n) is 7.41. The van der Waals surface area contributed by atoms with Gasteiger partial charge in [-0.25, -0.2) is 0 Å². The Morgan fingerprint density at radius 1 is 0.970 bits per heavy atom. The van der Waals surface area contributed by atoms with Crippen molar-refractivity contribution in [3.8, 4) is 5.75 Å². The summed E-state index contributed by atoms with van der Waals surface area (Å²) in [5.74, 6) is 1.04. The van der Waals surface area contributed by atoms with Gasteiger partial charge in [0.05, 0.1) is 13.2 Å². The number of carbonyl (C=O) groups excluding carboxylic acids is 3. The lowest BCUT2D eigenvalue weighted by Crippen LogP contribution is -2.52. The maximum absolute atomic E-state index is 13.0. The molecule has 2 fully saturated rings. The lowest BCUT2D eigenvalue weighted by atomic mass is 9.79. The van der Waals surface area contributed by atoms with E-state index in [4.69, 9.17) is 4.74 Å². The van der Waals surface area contributed by atoms with E-state index < -0.39 is 6.04 Å². The van der Waals surface area contributed by atoms with Gasteiger partial charge in [0.15, 0.2) is 0 Å². The number of ether oxygens (including phenoxy) is 1. The van der Waals surface area contributed by atoms with Gasteiger partial charge in [0.25, 0.3) is 5.91 Å². The van der Waals surface area contributed by atoms with Crippen molar-refractivity contribution in [2.45, 2.75) is 64.0 Å². The van der Waals surface area contributed by atoms with E-state index in [2.05, 4.69) is 36.5 Å². The molecule has 2 aromatic carbocycles. The minimum atomic E-state index is -0.604. The molecule has 2 aromatic rings. The van der Waals surface area contributed by atoms with Gasteiger partial charge in [-0.2, -0.15) is 0 Å². The second-order valence-corrected chi connectivity index (χ2v) is 9.62. The Morgan fingerprint density at radius 2 is 1.73 bits per heavy atom. The minimum absolute atomic E-state index is 0.163. The van der Waals surface area contributed by atoms with Crippen LogP contribution in [0.3, 0.4) is 0 Å². The number of imide groups is 1. The van der Waals surface area contributed by atoms with Crippen LogP contribution in [-0.2, 0) is 16.1 Å². The van der Waals surface area contributed by atoms with Crippen molar-refractivity contribution >= 4 is 17.7 Å². The molecule has 172 valence electrons. The Hall–Kier alpha value is -3.15. The Kier molecular flexibility index (Phi) is 5.92. The molecule has 0 aromatic heterocycles. The molecule has 33 heavy (non-hydrogen) atoms. The average Bonchev–Trinajstić information content (AvgIpc) is 3.15. The number of hydrogen-bond donors (Lipinski definition) is 1. The Balaban J connectivity index is 1.20. The quantitative estimate of drug-likeness (QED) is 0.702. The number of hydrogen-bond acceptors (Lipinski definition) is 4. The summed E-state index contributed by atoms with van der Waals surface area (Å²) in [6.45, 7) is 3.11. The number of nitrogens with zero attached hydrogens (tertiary/aromatic N) is 1. The SMILES string of the molecule is Cc1ccc(C2CCC(COc3cccc4c3CN(C3CCC(=O)NC3=O)C4=O)CC2)cc1. The summed E-state index contributed by atoms with van der Waals surface area (Å²) < 4.78 is 6.24. The van der Waals surface area contributed by atoms with Crippen molar-refractivity contribution < 1.29 is 19.1 Å². The first-order valence-electron chi connectivity index (χ1n) is 12.0. The summed E-state index contributed by atoms with van der Waals surface area (Å²) in [7, 11) is 0. The summed E-state index contributed by atoms with van der Waals surface area (Å²) in [5, 5.41) is 2.35. The predicted molar refractivity (Wildman–Crippen MR) is 124 cm³/mol. The molecular weight excluding hydrogens is 416 g/mol. The van der Waals surface area contributed by atoms with Crippen LogP contribution in [0.25, 0.3) is 0 Å². The number of nitrogens with one attached hydrogen (secondary N) is 1. The maximum Gasteiger partial charge on any atom is 0.255 e. The van der Waals surface area contributed by atoms with Crippen molar-refractivity contribution in [2.75, 3.05) is 6.61 Å². The smallest absolute Gasteiger partial charge is 0.255 e. The molecule has 3 amide bonds. The van der Waals surface area contributed by atoms with E-state index in [0.717, 1.165) is 24.2 Å². The molecule has 0 radical (unpaired) electrons. The van der Waals surface area contributed by atoms with Crippen molar-refractivity contribution in [3.05, 3.63) is 64.7 Å². The maximum atomic E-state index is 13.0. The number of amides is 3. The lowest BCUT2D eigenvalue weighted by molar-refractivity contribution is -0.136. The van der Waals surface area contributed by atoms with E-state index in [1.807, 2.05) is 12.1 Å². The van der Waals surface area contributed by atoms with Crippen LogP contribution >= 0.6 is 0 Å². The van der Waals surface area contributed by atoms with E-state index >= 15 is 0 Å². The second-order valence-electron chi connectivity index (χ2n) is 9.62. The fraction of sp³-hybridized carbons (Fsp3) is 0.444. The van der Waals surface area contributed by atoms with Crippen LogP contribution in [0.5, 0.6) is 5.75 Å². The van der Waals surface area contributed by atoms with Crippen LogP contribution in [0.15, 0.2) is 42.5 Å². The molecule has 0 bridgehead atoms. The first-order valence-corrected chi connectivity index (χ1v) is 12.0. The Morgan fingerprint density at radius 3 is 2.45 bits per heavy atom. The third kappa shape index (κ3) is 4.39. The van der Waals surface area contributed by atoms with Crippen LogP contribution in [0.2, 0.25) is 0 Å². The highest BCUT2D eigenvalue weighted by atomic mass is 16.5. The van der Waals surface area contributed by atoms with E-state index in [0.29, 0.717) is 37.0 Å². The summed E-state index contributed by atoms with van der Waals surface area (Å²) in [4.78, 5) is 38.3. The first-order chi connectivity index (χ1) is 16.0. The predicted octanol–water partition coefficient (Wildman–Crippen LogP) is 4.11. The number of carbonyl (C=O) groups is 3. The molecule has 1 aliphatic carbocycles. The summed E-state index contributed by atoms with van der Waals surface area (Å²) in [5.41, 5.74) is 4.18. The number of rotatable bonds is 5. The van der Waals surface area contributed by atoms with E-state index in [1.54, 1.807) is 11.0 Å². The average molecular weight is 447 g/mol. The summed E-state index contributed by atoms with van der Waals surface area (Å²) in [6.07, 6.45) is 5.23. The Labute approximate surface area is 194 Å². The highest BCUT2D eigenvalue weighted by molar-refractivity contribution is 6.05. The molecule has 5 rings (SSSR count). The largest absolute Gasteiger partial charge is 0.493 e. The van der Waals surface area contributed by atoms with Gasteiger partial charge in [0, 0.05) is 17.5 Å². The molecule has 2 aliphatic heterocycles. The van der Waals surface area contributed by atoms with Crippen molar-refractivity contribution in [1.82, 2.24) is 10.2 Å². The van der Waals surface area contributed by atoms with Gasteiger partial charge in [-0.3, -0.25) is 19.7 Å². The zero-order valence-corrected chi connectivity index (χ0v) is 19.0. The van der Waals surface area contributed by atoms with Gasteiger partial charge in [0.2, 0.25) is 11.8 Å². The van der Waals surface area contributed by atoms with Gasteiger partial charge < -0.3 is 9.64 Å². The minimum Gasteiger partial charge on any atom is -0.493 e. The fourth-order valence-electron chi connectivity index (χ4n) is 5.40. The molecule has 6 heteroatoms. The van der Waals surface area contributed by atoms with Crippen molar-refractivity contribution in [1.29, 1.82) is 0 Å². The lowest BCUT2D eigenvalue weighted by Gasteiger charge is -2.29. The fourth-order valence-corrected chi connectivity index (χ4v) is 5.40. The van der Waals surface area contributed by atoms with E-state index in [-0.39, 0.29) is 24.1 Å². The van der Waals surface area contributed by atoms with Crippen molar-refractivity contribution in [3.63, 3.8) is 0 Å². The van der Waals surface area contributed by atoms with Crippen LogP contribution in [0.4, 0.5) is 0 Å². The molecule has 1 saturated heterocycles. The monoisotopic (exact) mass is 446 g/mol. The molecule has 1 saturated carbocycles. The molecule has 2 heterocycles. The first kappa shape index (κ1) is 21.7. The van der Waals surface area contributed by atoms with Gasteiger partial charge >= 0.3 is 0 Å².